The minimum absolute atomic E-state index is 0.369. The molecule has 0 saturated carbocycles. The topological polar surface area (TPSA) is 73.2 Å². The van der Waals surface area contributed by atoms with Gasteiger partial charge < -0.3 is 20.2 Å². The molecule has 0 unspecified atom stereocenters. The van der Waals surface area contributed by atoms with Crippen LogP contribution in [0.5, 0.6) is 11.5 Å². The highest BCUT2D eigenvalue weighted by Gasteiger charge is 2.15. The average molecular weight is 312 g/mol. The Hall–Kier alpha value is -1.53. The van der Waals surface area contributed by atoms with Gasteiger partial charge in [-0.2, -0.15) is 0 Å². The van der Waals surface area contributed by atoms with E-state index in [0.717, 1.165) is 28.5 Å². The lowest BCUT2D eigenvalue weighted by molar-refractivity contribution is 0.404. The minimum Gasteiger partial charge on any atom is -0.497 e. The van der Waals surface area contributed by atoms with E-state index in [2.05, 4.69) is 25.9 Å². The maximum Gasteiger partial charge on any atom is 0.175 e. The molecular weight excluding hydrogens is 298 g/mol. The first-order valence-corrected chi connectivity index (χ1v) is 6.15. The third kappa shape index (κ3) is 2.34. The second kappa shape index (κ2) is 5.41. The first-order chi connectivity index (χ1) is 8.69. The van der Waals surface area contributed by atoms with Gasteiger partial charge in [0, 0.05) is 12.1 Å². The van der Waals surface area contributed by atoms with E-state index in [1.807, 2.05) is 18.2 Å². The number of nitrogens with one attached hydrogen (secondary N) is 1. The Balaban J connectivity index is 2.60. The van der Waals surface area contributed by atoms with E-state index >= 15 is 0 Å². The zero-order chi connectivity index (χ0) is 13.1. The monoisotopic (exact) mass is 311 g/mol. The van der Waals surface area contributed by atoms with Crippen molar-refractivity contribution in [1.82, 2.24) is 9.97 Å². The van der Waals surface area contributed by atoms with Gasteiger partial charge in [-0.15, -0.1) is 0 Å². The molecule has 0 radical (unpaired) electrons. The normalized spacial score (nSPS) is 10.4. The molecule has 3 N–H and O–H groups in total. The molecule has 1 aromatic heterocycles. The molecule has 96 valence electrons. The van der Waals surface area contributed by atoms with Crippen LogP contribution >= 0.6 is 15.9 Å². The zero-order valence-electron chi connectivity index (χ0n) is 10.2. The minimum atomic E-state index is 0.369. The molecule has 0 spiro atoms. The van der Waals surface area contributed by atoms with Crippen molar-refractivity contribution in [3.05, 3.63) is 28.6 Å². The number of nitrogens with zero attached hydrogens (tertiary/aromatic N) is 1. The van der Waals surface area contributed by atoms with Crippen molar-refractivity contribution in [3.8, 4) is 22.8 Å². The molecule has 0 bridgehead atoms. The van der Waals surface area contributed by atoms with Crippen molar-refractivity contribution in [3.63, 3.8) is 0 Å². The Morgan fingerprint density at radius 3 is 2.72 bits per heavy atom. The van der Waals surface area contributed by atoms with Gasteiger partial charge in [-0.3, -0.25) is 0 Å². The summed E-state index contributed by atoms with van der Waals surface area (Å²) < 4.78 is 11.2. The summed E-state index contributed by atoms with van der Waals surface area (Å²) in [6.07, 6.45) is 0. The Morgan fingerprint density at radius 2 is 2.11 bits per heavy atom. The molecule has 0 saturated heterocycles. The summed E-state index contributed by atoms with van der Waals surface area (Å²) in [4.78, 5) is 7.45. The summed E-state index contributed by atoms with van der Waals surface area (Å²) in [6, 6.07) is 5.56. The van der Waals surface area contributed by atoms with Gasteiger partial charge in [0.2, 0.25) is 0 Å². The number of benzene rings is 1. The van der Waals surface area contributed by atoms with Crippen molar-refractivity contribution in [2.75, 3.05) is 14.2 Å². The quantitative estimate of drug-likeness (QED) is 0.908. The van der Waals surface area contributed by atoms with Crippen LogP contribution in [-0.2, 0) is 6.54 Å². The standard InChI is InChI=1S/C12H14BrN3O2/c1-17-7-3-4-10(18-2)8(5-7)11-9(6-14)15-12(13)16-11/h3-5H,6,14H2,1-2H3,(H,15,16). The van der Waals surface area contributed by atoms with Gasteiger partial charge in [0.05, 0.1) is 25.6 Å². The number of halogens is 1. The first kappa shape index (κ1) is 12.9. The Bertz CT molecular complexity index is 554. The number of imidazole rings is 1. The van der Waals surface area contributed by atoms with Crippen LogP contribution in [0.2, 0.25) is 0 Å². The summed E-state index contributed by atoms with van der Waals surface area (Å²) in [6.45, 7) is 0.369. The molecule has 5 nitrogen and oxygen atoms in total. The van der Waals surface area contributed by atoms with Gasteiger partial charge in [0.1, 0.15) is 11.5 Å². The average Bonchev–Trinajstić information content (AvgIpc) is 2.79. The van der Waals surface area contributed by atoms with E-state index in [1.54, 1.807) is 14.2 Å². The number of hydrogen-bond acceptors (Lipinski definition) is 4. The van der Waals surface area contributed by atoms with Gasteiger partial charge in [-0.25, -0.2) is 4.98 Å². The fourth-order valence-electron chi connectivity index (χ4n) is 1.75. The highest BCUT2D eigenvalue weighted by atomic mass is 79.9. The van der Waals surface area contributed by atoms with Crippen molar-refractivity contribution >= 4 is 15.9 Å². The molecule has 0 aliphatic heterocycles. The van der Waals surface area contributed by atoms with Crippen LogP contribution in [0.25, 0.3) is 11.3 Å². The van der Waals surface area contributed by atoms with Crippen molar-refractivity contribution < 1.29 is 9.47 Å². The fourth-order valence-corrected chi connectivity index (χ4v) is 2.16. The van der Waals surface area contributed by atoms with Crippen LogP contribution < -0.4 is 15.2 Å². The smallest absolute Gasteiger partial charge is 0.175 e. The lowest BCUT2D eigenvalue weighted by Crippen LogP contribution is -1.99. The van der Waals surface area contributed by atoms with E-state index in [9.17, 15) is 0 Å². The molecule has 0 aliphatic carbocycles. The van der Waals surface area contributed by atoms with Gasteiger partial charge in [0.15, 0.2) is 4.73 Å². The molecule has 6 heteroatoms. The third-order valence-corrected chi connectivity index (χ3v) is 2.99. The Kier molecular flexibility index (Phi) is 3.88. The number of H-pyrrole nitrogens is 1. The molecule has 18 heavy (non-hydrogen) atoms. The van der Waals surface area contributed by atoms with E-state index < -0.39 is 0 Å². The molecule has 2 aromatic rings. The van der Waals surface area contributed by atoms with Crippen molar-refractivity contribution in [2.45, 2.75) is 6.54 Å². The third-order valence-electron chi connectivity index (χ3n) is 2.62. The van der Waals surface area contributed by atoms with Crippen molar-refractivity contribution in [1.29, 1.82) is 0 Å². The van der Waals surface area contributed by atoms with Gasteiger partial charge >= 0.3 is 0 Å². The second-order valence-corrected chi connectivity index (χ2v) is 4.38. The van der Waals surface area contributed by atoms with Crippen LogP contribution in [0.1, 0.15) is 5.69 Å². The lowest BCUT2D eigenvalue weighted by Gasteiger charge is -2.09. The summed E-state index contributed by atoms with van der Waals surface area (Å²) in [5.74, 6) is 1.47. The number of hydrogen-bond donors (Lipinski definition) is 2. The van der Waals surface area contributed by atoms with Gasteiger partial charge in [-0.1, -0.05) is 0 Å². The maximum atomic E-state index is 5.70. The second-order valence-electron chi connectivity index (χ2n) is 3.63. The molecule has 0 atom stereocenters. The van der Waals surface area contributed by atoms with E-state index in [4.69, 9.17) is 15.2 Å². The van der Waals surface area contributed by atoms with E-state index in [1.165, 1.54) is 0 Å². The fraction of sp³-hybridized carbons (Fsp3) is 0.250. The van der Waals surface area contributed by atoms with Crippen LogP contribution in [0.3, 0.4) is 0 Å². The molecule has 1 aromatic carbocycles. The number of nitrogens with two attached hydrogens (primary N) is 1. The predicted octanol–water partition coefficient (Wildman–Crippen LogP) is 2.32. The number of aromatic nitrogens is 2. The zero-order valence-corrected chi connectivity index (χ0v) is 11.7. The van der Waals surface area contributed by atoms with Gasteiger partial charge in [-0.05, 0) is 34.1 Å². The Labute approximate surface area is 113 Å². The van der Waals surface area contributed by atoms with Crippen LogP contribution in [0.4, 0.5) is 0 Å². The SMILES string of the molecule is COc1ccc(OC)c(-c2nc(Br)[nH]c2CN)c1. The number of rotatable bonds is 4. The molecule has 2 rings (SSSR count). The largest absolute Gasteiger partial charge is 0.497 e. The molecular formula is C12H14BrN3O2. The van der Waals surface area contributed by atoms with Crippen molar-refractivity contribution in [2.24, 2.45) is 5.73 Å². The maximum absolute atomic E-state index is 5.70. The van der Waals surface area contributed by atoms with Crippen LogP contribution in [-0.4, -0.2) is 24.2 Å². The highest BCUT2D eigenvalue weighted by molar-refractivity contribution is 9.10. The number of aromatic amines is 1. The highest BCUT2D eigenvalue weighted by Crippen LogP contribution is 2.34. The van der Waals surface area contributed by atoms with Crippen LogP contribution in [0, 0.1) is 0 Å². The molecule has 0 aliphatic rings. The number of methoxy groups -OCH3 is 2. The number of ether oxygens (including phenoxy) is 2. The summed E-state index contributed by atoms with van der Waals surface area (Å²) in [5.41, 5.74) is 8.15. The summed E-state index contributed by atoms with van der Waals surface area (Å²) in [7, 11) is 3.24. The van der Waals surface area contributed by atoms with Gasteiger partial charge in [0.25, 0.3) is 0 Å². The summed E-state index contributed by atoms with van der Waals surface area (Å²) in [5, 5.41) is 0. The van der Waals surface area contributed by atoms with E-state index in [-0.39, 0.29) is 0 Å². The van der Waals surface area contributed by atoms with E-state index in [0.29, 0.717) is 11.3 Å². The molecule has 1 heterocycles. The summed E-state index contributed by atoms with van der Waals surface area (Å²) >= 11 is 3.31. The first-order valence-electron chi connectivity index (χ1n) is 5.36. The predicted molar refractivity (Wildman–Crippen MR) is 72.7 cm³/mol. The Morgan fingerprint density at radius 1 is 1.33 bits per heavy atom. The lowest BCUT2D eigenvalue weighted by atomic mass is 10.1. The van der Waals surface area contributed by atoms with Crippen LogP contribution in [0.15, 0.2) is 22.9 Å². The molecule has 0 fully saturated rings. The molecule has 0 amide bonds.